The molecule has 150 valence electrons. The molecule has 0 saturated heterocycles. The van der Waals surface area contributed by atoms with E-state index in [2.05, 4.69) is 15.5 Å². The van der Waals surface area contributed by atoms with Gasteiger partial charge in [-0.05, 0) is 51.1 Å². The molecule has 0 atom stereocenters. The number of para-hydroxylation sites is 2. The molecule has 0 aliphatic heterocycles. The Balaban J connectivity index is 1.79. The summed E-state index contributed by atoms with van der Waals surface area (Å²) in [5, 5.41) is 19.1. The van der Waals surface area contributed by atoms with Crippen molar-refractivity contribution in [3.8, 4) is 11.3 Å². The van der Waals surface area contributed by atoms with E-state index in [9.17, 15) is 14.7 Å². The molecule has 3 aromatic rings. The molecule has 8 nitrogen and oxygen atoms in total. The fourth-order valence-corrected chi connectivity index (χ4v) is 2.95. The second-order valence-electron chi connectivity index (χ2n) is 7.54. The number of carbonyl (C=O) groups excluding carboxylic acids is 1. The molecule has 29 heavy (non-hydrogen) atoms. The van der Waals surface area contributed by atoms with Crippen molar-refractivity contribution in [3.63, 3.8) is 0 Å². The van der Waals surface area contributed by atoms with E-state index in [0.717, 1.165) is 5.56 Å². The SMILES string of the molecule is CC(C)(C)N(C(=O)O)c1ccc(-c2cc(C(=O)Nc3ccccc3N)[nH]n2)cc1. The number of anilines is 3. The molecule has 5 N–H and O–H groups in total. The number of carboxylic acid groups (broad SMARTS) is 1. The molecule has 2 aromatic carbocycles. The lowest BCUT2D eigenvalue weighted by Gasteiger charge is -2.33. The number of benzene rings is 2. The Hall–Kier alpha value is -3.81. The Morgan fingerprint density at radius 1 is 1.10 bits per heavy atom. The van der Waals surface area contributed by atoms with E-state index < -0.39 is 11.6 Å². The monoisotopic (exact) mass is 393 g/mol. The minimum atomic E-state index is -1.02. The van der Waals surface area contributed by atoms with Gasteiger partial charge in [-0.3, -0.25) is 14.8 Å². The fourth-order valence-electron chi connectivity index (χ4n) is 2.95. The summed E-state index contributed by atoms with van der Waals surface area (Å²) in [4.78, 5) is 25.3. The molecule has 0 saturated carbocycles. The second kappa shape index (κ2) is 7.67. The lowest BCUT2D eigenvalue weighted by atomic mass is 10.0. The molecule has 0 fully saturated rings. The van der Waals surface area contributed by atoms with E-state index in [1.165, 1.54) is 4.90 Å². The molecular weight excluding hydrogens is 370 g/mol. The van der Waals surface area contributed by atoms with Gasteiger partial charge >= 0.3 is 6.09 Å². The normalized spacial score (nSPS) is 11.1. The van der Waals surface area contributed by atoms with Crippen molar-refractivity contribution in [1.82, 2.24) is 10.2 Å². The van der Waals surface area contributed by atoms with E-state index in [1.54, 1.807) is 54.6 Å². The number of nitrogens with zero attached hydrogens (tertiary/aromatic N) is 2. The highest BCUT2D eigenvalue weighted by Gasteiger charge is 2.27. The Labute approximate surface area is 168 Å². The van der Waals surface area contributed by atoms with Crippen LogP contribution in [0.25, 0.3) is 11.3 Å². The zero-order valence-electron chi connectivity index (χ0n) is 16.4. The van der Waals surface area contributed by atoms with Gasteiger partial charge in [0.1, 0.15) is 5.69 Å². The highest BCUT2D eigenvalue weighted by Crippen LogP contribution is 2.27. The van der Waals surface area contributed by atoms with Crippen LogP contribution in [0.2, 0.25) is 0 Å². The first-order chi connectivity index (χ1) is 13.7. The van der Waals surface area contributed by atoms with E-state index in [0.29, 0.717) is 22.8 Å². The summed E-state index contributed by atoms with van der Waals surface area (Å²) < 4.78 is 0. The highest BCUT2D eigenvalue weighted by atomic mass is 16.4. The van der Waals surface area contributed by atoms with Crippen LogP contribution in [-0.4, -0.2) is 32.8 Å². The molecule has 8 heteroatoms. The standard InChI is InChI=1S/C21H23N5O3/c1-21(2,3)26(20(28)29)14-10-8-13(9-11-14)17-12-18(25-24-17)19(27)23-16-7-5-4-6-15(16)22/h4-12H,22H2,1-3H3,(H,23,27)(H,24,25)(H,28,29). The maximum Gasteiger partial charge on any atom is 0.412 e. The fraction of sp³-hybridized carbons (Fsp3) is 0.190. The van der Waals surface area contributed by atoms with Gasteiger partial charge in [0.15, 0.2) is 0 Å². The topological polar surface area (TPSA) is 124 Å². The van der Waals surface area contributed by atoms with Crippen molar-refractivity contribution in [3.05, 3.63) is 60.3 Å². The second-order valence-corrected chi connectivity index (χ2v) is 7.54. The van der Waals surface area contributed by atoms with E-state index in [1.807, 2.05) is 20.8 Å². The van der Waals surface area contributed by atoms with E-state index >= 15 is 0 Å². The number of nitrogens with two attached hydrogens (primary N) is 1. The first kappa shape index (κ1) is 19.9. The first-order valence-corrected chi connectivity index (χ1v) is 9.01. The van der Waals surface area contributed by atoms with Crippen molar-refractivity contribution < 1.29 is 14.7 Å². The number of H-pyrrole nitrogens is 1. The summed E-state index contributed by atoms with van der Waals surface area (Å²) >= 11 is 0. The third kappa shape index (κ3) is 4.37. The summed E-state index contributed by atoms with van der Waals surface area (Å²) in [5.74, 6) is -0.358. The summed E-state index contributed by atoms with van der Waals surface area (Å²) in [5.41, 5.74) is 8.43. The van der Waals surface area contributed by atoms with E-state index in [-0.39, 0.29) is 11.6 Å². The number of rotatable bonds is 4. The van der Waals surface area contributed by atoms with Gasteiger partial charge in [0, 0.05) is 16.8 Å². The van der Waals surface area contributed by atoms with Crippen LogP contribution in [0.3, 0.4) is 0 Å². The van der Waals surface area contributed by atoms with Gasteiger partial charge in [0.2, 0.25) is 0 Å². The Kier molecular flexibility index (Phi) is 5.27. The van der Waals surface area contributed by atoms with Crippen LogP contribution in [0.1, 0.15) is 31.3 Å². The maximum absolute atomic E-state index is 12.4. The zero-order valence-corrected chi connectivity index (χ0v) is 16.4. The molecule has 1 aromatic heterocycles. The largest absolute Gasteiger partial charge is 0.465 e. The number of aromatic nitrogens is 2. The summed E-state index contributed by atoms with van der Waals surface area (Å²) in [7, 11) is 0. The summed E-state index contributed by atoms with van der Waals surface area (Å²) in [6.07, 6.45) is -1.02. The molecule has 0 bridgehead atoms. The van der Waals surface area contributed by atoms with Crippen LogP contribution in [-0.2, 0) is 0 Å². The lowest BCUT2D eigenvalue weighted by Crippen LogP contribution is -2.45. The van der Waals surface area contributed by atoms with Crippen LogP contribution in [0.4, 0.5) is 21.9 Å². The van der Waals surface area contributed by atoms with E-state index in [4.69, 9.17) is 5.73 Å². The molecular formula is C21H23N5O3. The molecule has 1 heterocycles. The molecule has 3 rings (SSSR count). The molecule has 2 amide bonds. The molecule has 0 radical (unpaired) electrons. The summed E-state index contributed by atoms with van der Waals surface area (Å²) in [6.45, 7) is 5.48. The van der Waals surface area contributed by atoms with Crippen molar-refractivity contribution in [1.29, 1.82) is 0 Å². The molecule has 0 unspecified atom stereocenters. The molecule has 0 spiro atoms. The third-order valence-electron chi connectivity index (χ3n) is 4.31. The van der Waals surface area contributed by atoms with Gasteiger partial charge in [-0.2, -0.15) is 5.10 Å². The quantitative estimate of drug-likeness (QED) is 0.495. The number of nitrogen functional groups attached to an aromatic ring is 1. The van der Waals surface area contributed by atoms with Gasteiger partial charge < -0.3 is 16.2 Å². The summed E-state index contributed by atoms with van der Waals surface area (Å²) in [6, 6.07) is 15.6. The van der Waals surface area contributed by atoms with Gasteiger partial charge in [-0.25, -0.2) is 4.79 Å². The van der Waals surface area contributed by atoms with Gasteiger partial charge in [-0.15, -0.1) is 0 Å². The number of carbonyl (C=O) groups is 2. The van der Waals surface area contributed by atoms with Gasteiger partial charge in [0.05, 0.1) is 17.1 Å². The minimum absolute atomic E-state index is 0.286. The zero-order chi connectivity index (χ0) is 21.2. The van der Waals surface area contributed by atoms with Crippen molar-refractivity contribution in [2.75, 3.05) is 16.0 Å². The van der Waals surface area contributed by atoms with Crippen molar-refractivity contribution >= 4 is 29.1 Å². The minimum Gasteiger partial charge on any atom is -0.465 e. The number of amides is 2. The van der Waals surface area contributed by atoms with Crippen molar-refractivity contribution in [2.45, 2.75) is 26.3 Å². The first-order valence-electron chi connectivity index (χ1n) is 9.01. The average molecular weight is 393 g/mol. The predicted molar refractivity (Wildman–Crippen MR) is 113 cm³/mol. The number of hydrogen-bond donors (Lipinski definition) is 4. The van der Waals surface area contributed by atoms with Crippen LogP contribution in [0, 0.1) is 0 Å². The molecule has 0 aliphatic rings. The Morgan fingerprint density at radius 3 is 2.34 bits per heavy atom. The van der Waals surface area contributed by atoms with Gasteiger partial charge in [0.25, 0.3) is 5.91 Å². The highest BCUT2D eigenvalue weighted by molar-refractivity contribution is 6.05. The lowest BCUT2D eigenvalue weighted by molar-refractivity contribution is 0.102. The third-order valence-corrected chi connectivity index (χ3v) is 4.31. The predicted octanol–water partition coefficient (Wildman–Crippen LogP) is 4.19. The van der Waals surface area contributed by atoms with Crippen molar-refractivity contribution in [2.24, 2.45) is 0 Å². The van der Waals surface area contributed by atoms with Gasteiger partial charge in [-0.1, -0.05) is 24.3 Å². The average Bonchev–Trinajstić information content (AvgIpc) is 3.13. The van der Waals surface area contributed by atoms with Crippen LogP contribution in [0.15, 0.2) is 54.6 Å². The number of nitrogens with one attached hydrogen (secondary N) is 2. The maximum atomic E-state index is 12.4. The number of aromatic amines is 1. The Morgan fingerprint density at radius 2 is 1.76 bits per heavy atom. The smallest absolute Gasteiger partial charge is 0.412 e. The molecule has 0 aliphatic carbocycles. The Bertz CT molecular complexity index is 1030. The van der Waals surface area contributed by atoms with Crippen LogP contribution in [0.5, 0.6) is 0 Å². The number of hydrogen-bond acceptors (Lipinski definition) is 4. The van der Waals surface area contributed by atoms with Crippen LogP contribution < -0.4 is 16.0 Å². The van der Waals surface area contributed by atoms with Crippen LogP contribution >= 0.6 is 0 Å².